The fourth-order valence-electron chi connectivity index (χ4n) is 3.92. The van der Waals surface area contributed by atoms with Gasteiger partial charge in [-0.3, -0.25) is 19.7 Å². The number of fused-ring (bicyclic) bond motifs is 1. The van der Waals surface area contributed by atoms with E-state index in [1.165, 1.54) is 16.8 Å². The average molecular weight is 430 g/mol. The summed E-state index contributed by atoms with van der Waals surface area (Å²) < 4.78 is 11.5. The minimum absolute atomic E-state index is 0.0122. The number of hydrogen-bond donors (Lipinski definition) is 1. The Kier molecular flexibility index (Phi) is 5.42. The van der Waals surface area contributed by atoms with E-state index in [-0.39, 0.29) is 30.4 Å². The van der Waals surface area contributed by atoms with E-state index in [0.717, 1.165) is 0 Å². The highest BCUT2D eigenvalue weighted by Crippen LogP contribution is 2.41. The lowest BCUT2D eigenvalue weighted by atomic mass is 9.84. The van der Waals surface area contributed by atoms with E-state index in [0.29, 0.717) is 41.6 Å². The lowest BCUT2D eigenvalue weighted by Gasteiger charge is -2.37. The number of nitrogens with one attached hydrogen (secondary N) is 1. The highest BCUT2D eigenvalue weighted by Gasteiger charge is 2.44. The fourth-order valence-corrected chi connectivity index (χ4v) is 4.37. The van der Waals surface area contributed by atoms with Crippen molar-refractivity contribution < 1.29 is 23.9 Å². The minimum Gasteiger partial charge on any atom is -0.497 e. The molecule has 3 heterocycles. The van der Waals surface area contributed by atoms with Crippen molar-refractivity contribution in [1.29, 1.82) is 0 Å². The number of methoxy groups -OCH3 is 1. The van der Waals surface area contributed by atoms with Crippen LogP contribution in [-0.2, 0) is 9.59 Å². The zero-order valence-corrected chi connectivity index (χ0v) is 17.5. The van der Waals surface area contributed by atoms with Crippen LogP contribution < -0.4 is 14.8 Å². The zero-order valence-electron chi connectivity index (χ0n) is 16.7. The summed E-state index contributed by atoms with van der Waals surface area (Å²) in [4.78, 5) is 39.6. The number of carbonyl (C=O) groups is 3. The monoisotopic (exact) mass is 430 g/mol. The second kappa shape index (κ2) is 8.02. The van der Waals surface area contributed by atoms with Crippen LogP contribution in [-0.4, -0.2) is 58.0 Å². The van der Waals surface area contributed by atoms with E-state index in [1.54, 1.807) is 37.1 Å². The maximum absolute atomic E-state index is 12.8. The molecule has 2 amide bonds. The van der Waals surface area contributed by atoms with Crippen molar-refractivity contribution in [2.75, 3.05) is 19.0 Å². The molecule has 1 aromatic carbocycles. The molecule has 0 radical (unpaired) electrons. The molecule has 1 fully saturated rings. The van der Waals surface area contributed by atoms with E-state index in [4.69, 9.17) is 9.47 Å². The van der Waals surface area contributed by atoms with Gasteiger partial charge in [0.15, 0.2) is 5.78 Å². The Labute approximate surface area is 177 Å². The maximum atomic E-state index is 12.8. The van der Waals surface area contributed by atoms with Gasteiger partial charge in [-0.05, 0) is 25.5 Å². The first kappa shape index (κ1) is 20.3. The van der Waals surface area contributed by atoms with Crippen LogP contribution in [0.25, 0.3) is 0 Å². The van der Waals surface area contributed by atoms with Crippen molar-refractivity contribution in [3.8, 4) is 11.5 Å². The lowest BCUT2D eigenvalue weighted by molar-refractivity contribution is -0.137. The third kappa shape index (κ3) is 3.87. The molecule has 158 valence electrons. The normalized spacial score (nSPS) is 22.1. The number of carbonyl (C=O) groups excluding carboxylic acids is 3. The summed E-state index contributed by atoms with van der Waals surface area (Å²) in [6.07, 6.45) is 1.27. The number of nitrogens with zero attached hydrogens (tertiary/aromatic N) is 3. The minimum atomic E-state index is -0.768. The fraction of sp³-hybridized carbons (Fsp3) is 0.450. The number of likely N-dealkylation sites (tertiary alicyclic amines) is 1. The molecule has 10 heteroatoms. The Morgan fingerprint density at radius 1 is 1.37 bits per heavy atom. The highest BCUT2D eigenvalue weighted by molar-refractivity contribution is 7.13. The summed E-state index contributed by atoms with van der Waals surface area (Å²) in [6.45, 7) is 2.00. The van der Waals surface area contributed by atoms with Crippen LogP contribution in [0.1, 0.15) is 43.0 Å². The molecule has 2 aliphatic heterocycles. The van der Waals surface area contributed by atoms with Crippen molar-refractivity contribution in [3.63, 3.8) is 0 Å². The quantitative estimate of drug-likeness (QED) is 0.792. The maximum Gasteiger partial charge on any atom is 0.248 e. The van der Waals surface area contributed by atoms with Crippen LogP contribution in [0.2, 0.25) is 0 Å². The summed E-state index contributed by atoms with van der Waals surface area (Å²) in [5.41, 5.74) is 1.28. The third-order valence-electron chi connectivity index (χ3n) is 5.66. The molecule has 4 rings (SSSR count). The summed E-state index contributed by atoms with van der Waals surface area (Å²) in [5.74, 6) is 0.605. The molecule has 1 N–H and O–H groups in total. The molecule has 0 unspecified atom stereocenters. The van der Waals surface area contributed by atoms with E-state index in [2.05, 4.69) is 15.5 Å². The first-order valence-electron chi connectivity index (χ1n) is 9.67. The van der Waals surface area contributed by atoms with E-state index in [9.17, 15) is 14.4 Å². The van der Waals surface area contributed by atoms with Gasteiger partial charge in [0.2, 0.25) is 16.9 Å². The molecule has 0 bridgehead atoms. The number of hydrogen-bond acceptors (Lipinski definition) is 8. The number of aromatic nitrogens is 2. The first-order chi connectivity index (χ1) is 14.4. The number of amides is 2. The lowest BCUT2D eigenvalue weighted by Crippen LogP contribution is -2.46. The van der Waals surface area contributed by atoms with Crippen LogP contribution in [0.15, 0.2) is 23.7 Å². The van der Waals surface area contributed by atoms with Gasteiger partial charge in [-0.1, -0.05) is 11.3 Å². The predicted octanol–water partition coefficient (Wildman–Crippen LogP) is 2.29. The van der Waals surface area contributed by atoms with Gasteiger partial charge >= 0.3 is 0 Å². The molecule has 2 aliphatic rings. The zero-order chi connectivity index (χ0) is 21.3. The Bertz CT molecular complexity index is 980. The summed E-state index contributed by atoms with van der Waals surface area (Å²) >= 11 is 1.21. The summed E-state index contributed by atoms with van der Waals surface area (Å²) in [7, 11) is 1.55. The van der Waals surface area contributed by atoms with E-state index in [1.807, 2.05) is 0 Å². The number of anilines is 1. The Hall–Kier alpha value is -3.01. The Morgan fingerprint density at radius 3 is 2.93 bits per heavy atom. The molecule has 2 atom stereocenters. The van der Waals surface area contributed by atoms with Crippen molar-refractivity contribution in [1.82, 2.24) is 15.1 Å². The number of benzene rings is 1. The summed E-state index contributed by atoms with van der Waals surface area (Å²) in [6, 6.07) is 4.46. The number of Topliss-reactive ketones (excluding diaryl/α,β-unsaturated/α-hetero) is 1. The van der Waals surface area contributed by atoms with Gasteiger partial charge in [0.1, 0.15) is 28.7 Å². The largest absolute Gasteiger partial charge is 0.497 e. The molecule has 0 saturated carbocycles. The highest BCUT2D eigenvalue weighted by atomic mass is 32.1. The van der Waals surface area contributed by atoms with Crippen molar-refractivity contribution >= 4 is 34.1 Å². The molecular weight excluding hydrogens is 408 g/mol. The van der Waals surface area contributed by atoms with Crippen LogP contribution in [0.3, 0.4) is 0 Å². The standard InChI is InChI=1S/C20H22N4O5S/c1-12(18(27)22-19-23-21-11-30-19)24-8-7-20(6-5-17(24)26)10-15(25)14-4-3-13(28-2)9-16(14)29-20/h3-4,9,11-12H,5-8,10H2,1-2H3,(H,22,23,27)/t12-,20-/m0/s1. The molecule has 0 aliphatic carbocycles. The average Bonchev–Trinajstić information content (AvgIpc) is 3.19. The third-order valence-corrected chi connectivity index (χ3v) is 6.27. The van der Waals surface area contributed by atoms with Crippen molar-refractivity contribution in [2.45, 2.75) is 44.2 Å². The molecule has 1 spiro atoms. The topological polar surface area (TPSA) is 111 Å². The smallest absolute Gasteiger partial charge is 0.248 e. The van der Waals surface area contributed by atoms with Gasteiger partial charge in [-0.15, -0.1) is 10.2 Å². The molecule has 1 aromatic heterocycles. The number of ketones is 1. The number of rotatable bonds is 4. The van der Waals surface area contributed by atoms with Gasteiger partial charge in [0.25, 0.3) is 0 Å². The van der Waals surface area contributed by atoms with E-state index >= 15 is 0 Å². The summed E-state index contributed by atoms with van der Waals surface area (Å²) in [5, 5.41) is 10.5. The van der Waals surface area contributed by atoms with Gasteiger partial charge in [0.05, 0.1) is 19.1 Å². The van der Waals surface area contributed by atoms with Gasteiger partial charge in [0, 0.05) is 25.5 Å². The van der Waals surface area contributed by atoms with Crippen LogP contribution in [0, 0.1) is 0 Å². The second-order valence-electron chi connectivity index (χ2n) is 7.49. The van der Waals surface area contributed by atoms with Crippen LogP contribution in [0.4, 0.5) is 5.13 Å². The Morgan fingerprint density at radius 2 is 2.20 bits per heavy atom. The molecular formula is C20H22N4O5S. The SMILES string of the molecule is COc1ccc2c(c1)O[C@]1(CCC(=O)N([C@@H](C)C(=O)Nc3nncs3)CC1)CC2=O. The molecule has 2 aromatic rings. The van der Waals surface area contributed by atoms with Crippen LogP contribution in [0.5, 0.6) is 11.5 Å². The predicted molar refractivity (Wildman–Crippen MR) is 109 cm³/mol. The first-order valence-corrected chi connectivity index (χ1v) is 10.6. The van der Waals surface area contributed by atoms with Gasteiger partial charge in [-0.2, -0.15) is 0 Å². The van der Waals surface area contributed by atoms with E-state index < -0.39 is 11.6 Å². The molecule has 9 nitrogen and oxygen atoms in total. The molecule has 30 heavy (non-hydrogen) atoms. The van der Waals surface area contributed by atoms with Gasteiger partial charge < -0.3 is 14.4 Å². The Balaban J connectivity index is 1.50. The van der Waals surface area contributed by atoms with Gasteiger partial charge in [-0.25, -0.2) is 0 Å². The van der Waals surface area contributed by atoms with Crippen molar-refractivity contribution in [3.05, 3.63) is 29.3 Å². The molecule has 1 saturated heterocycles. The van der Waals surface area contributed by atoms with Crippen molar-refractivity contribution in [2.24, 2.45) is 0 Å². The second-order valence-corrected chi connectivity index (χ2v) is 8.33. The van der Waals surface area contributed by atoms with Crippen LogP contribution >= 0.6 is 11.3 Å². The number of ether oxygens (including phenoxy) is 2.